The van der Waals surface area contributed by atoms with E-state index in [0.717, 1.165) is 17.7 Å². The van der Waals surface area contributed by atoms with Crippen LogP contribution < -0.4 is 5.32 Å². The molecule has 2 amide bonds. The molecule has 0 aliphatic carbocycles. The van der Waals surface area contributed by atoms with Crippen LogP contribution in [0.2, 0.25) is 0 Å². The van der Waals surface area contributed by atoms with Crippen LogP contribution in [0.15, 0.2) is 12.1 Å². The highest BCUT2D eigenvalue weighted by Crippen LogP contribution is 2.32. The monoisotopic (exact) mass is 590 g/mol. The second-order valence-corrected chi connectivity index (χ2v) is 9.57. The van der Waals surface area contributed by atoms with Gasteiger partial charge in [0.05, 0.1) is 38.7 Å². The highest BCUT2D eigenvalue weighted by atomic mass is 19.4. The average molecular weight is 591 g/mol. The number of hydrogen-bond acceptors (Lipinski definition) is 6. The van der Waals surface area contributed by atoms with Crippen LogP contribution in [0.3, 0.4) is 0 Å². The van der Waals surface area contributed by atoms with Crippen LogP contribution in [0.5, 0.6) is 0 Å². The highest BCUT2D eigenvalue weighted by molar-refractivity contribution is 5.93. The van der Waals surface area contributed by atoms with Crippen molar-refractivity contribution in [3.05, 3.63) is 58.8 Å². The quantitative estimate of drug-likeness (QED) is 0.246. The number of rotatable bonds is 11. The fraction of sp³-hybridized carbons (Fsp3) is 0.538. The van der Waals surface area contributed by atoms with Gasteiger partial charge >= 0.3 is 6.18 Å². The van der Waals surface area contributed by atoms with Crippen molar-refractivity contribution in [3.63, 3.8) is 0 Å². The summed E-state index contributed by atoms with van der Waals surface area (Å²) in [4.78, 5) is 32.6. The van der Waals surface area contributed by atoms with Crippen LogP contribution in [0.4, 0.5) is 26.3 Å². The molecule has 2 aliphatic rings. The third-order valence-corrected chi connectivity index (χ3v) is 6.79. The molecule has 41 heavy (non-hydrogen) atoms. The number of imidazole rings is 1. The van der Waals surface area contributed by atoms with E-state index in [1.165, 1.54) is 11.3 Å². The molecule has 3 heterocycles. The van der Waals surface area contributed by atoms with Crippen LogP contribution >= 0.6 is 0 Å². The van der Waals surface area contributed by atoms with E-state index in [1.54, 1.807) is 0 Å². The number of carbonyl (C=O) groups is 2. The minimum Gasteiger partial charge on any atom is -0.379 e. The molecule has 0 bridgehead atoms. The van der Waals surface area contributed by atoms with Crippen molar-refractivity contribution >= 4 is 11.8 Å². The average Bonchev–Trinajstić information content (AvgIpc) is 3.33. The fourth-order valence-electron chi connectivity index (χ4n) is 4.62. The van der Waals surface area contributed by atoms with E-state index in [9.17, 15) is 35.9 Å². The number of nitrogens with one attached hydrogen (secondary N) is 1. The van der Waals surface area contributed by atoms with Crippen molar-refractivity contribution in [2.24, 2.45) is 0 Å². The number of halogens is 6. The normalized spacial score (nSPS) is 16.1. The first-order chi connectivity index (χ1) is 19.5. The molecular formula is C26H30F6N5O4. The number of ether oxygens (including phenoxy) is 2. The maximum atomic E-state index is 13.8. The van der Waals surface area contributed by atoms with Gasteiger partial charge in [0.25, 0.3) is 5.91 Å². The van der Waals surface area contributed by atoms with Crippen molar-refractivity contribution in [2.75, 3.05) is 59.2 Å². The molecule has 9 nitrogen and oxygen atoms in total. The molecule has 1 radical (unpaired) electrons. The first kappa shape index (κ1) is 30.8. The Kier molecular flexibility index (Phi) is 10.3. The minimum atomic E-state index is -4.82. The van der Waals surface area contributed by atoms with Crippen LogP contribution in [0, 0.1) is 23.9 Å². The van der Waals surface area contributed by atoms with E-state index >= 15 is 0 Å². The van der Waals surface area contributed by atoms with Gasteiger partial charge in [-0.05, 0) is 24.5 Å². The molecule has 2 aromatic rings. The summed E-state index contributed by atoms with van der Waals surface area (Å²) in [7, 11) is 0. The highest BCUT2D eigenvalue weighted by Gasteiger charge is 2.41. The summed E-state index contributed by atoms with van der Waals surface area (Å²) >= 11 is 0. The maximum Gasteiger partial charge on any atom is 0.449 e. The molecule has 225 valence electrons. The third-order valence-electron chi connectivity index (χ3n) is 6.79. The zero-order valence-electron chi connectivity index (χ0n) is 22.1. The summed E-state index contributed by atoms with van der Waals surface area (Å²) in [5, 5.41) is 2.52. The predicted octanol–water partition coefficient (Wildman–Crippen LogP) is 2.58. The van der Waals surface area contributed by atoms with Gasteiger partial charge in [-0.3, -0.25) is 14.5 Å². The minimum absolute atomic E-state index is 0.0493. The van der Waals surface area contributed by atoms with Gasteiger partial charge in [0.1, 0.15) is 5.82 Å². The van der Waals surface area contributed by atoms with Crippen molar-refractivity contribution in [1.29, 1.82) is 0 Å². The molecule has 15 heteroatoms. The Morgan fingerprint density at radius 1 is 1.02 bits per heavy atom. The zero-order valence-corrected chi connectivity index (χ0v) is 22.1. The molecule has 2 aliphatic heterocycles. The van der Waals surface area contributed by atoms with Crippen LogP contribution in [-0.4, -0.2) is 90.3 Å². The number of aromatic nitrogens is 2. The molecule has 1 N–H and O–H groups in total. The molecule has 1 fully saturated rings. The molecule has 0 atom stereocenters. The number of alkyl halides is 3. The van der Waals surface area contributed by atoms with Crippen LogP contribution in [0.25, 0.3) is 0 Å². The van der Waals surface area contributed by atoms with Gasteiger partial charge in [0.2, 0.25) is 11.7 Å². The Bertz CT molecular complexity index is 1230. The van der Waals surface area contributed by atoms with Crippen molar-refractivity contribution in [1.82, 2.24) is 24.7 Å². The summed E-state index contributed by atoms with van der Waals surface area (Å²) in [6, 6.07) is 1.11. The standard InChI is InChI=1S/C26H30F6N5O4/c27-18-15-20(29)19(28)14-17(18)2-1-3-22(38)36-5-6-37-21(16-36)23(34-25(37)26(30,31)32)24(39)33-4-10-40-11-7-35-8-12-41-13-9-35/h1,14-15H,2-13,16H2,(H,33,39). The lowest BCUT2D eigenvalue weighted by molar-refractivity contribution is -0.148. The second kappa shape index (κ2) is 13.7. The Morgan fingerprint density at radius 3 is 2.49 bits per heavy atom. The SMILES string of the molecule is O=C(NCCOCCN1CCOCC1)c1nc(C(F)(F)F)n2c1CN(C(=O)C[CH]Cc1cc(F)c(F)cc1F)CC2. The Hall–Kier alpha value is -3.17. The number of fused-ring (bicyclic) bond motifs is 1. The van der Waals surface area contributed by atoms with Gasteiger partial charge in [-0.2, -0.15) is 13.2 Å². The van der Waals surface area contributed by atoms with E-state index in [-0.39, 0.29) is 56.9 Å². The van der Waals surface area contributed by atoms with E-state index in [1.807, 2.05) is 0 Å². The summed E-state index contributed by atoms with van der Waals surface area (Å²) in [6.45, 7) is 3.62. The van der Waals surface area contributed by atoms with Crippen molar-refractivity contribution in [2.45, 2.75) is 32.1 Å². The number of amides is 2. The molecule has 0 saturated carbocycles. The number of carbonyl (C=O) groups excluding carboxylic acids is 2. The van der Waals surface area contributed by atoms with Crippen LogP contribution in [-0.2, 0) is 40.0 Å². The van der Waals surface area contributed by atoms with E-state index in [2.05, 4.69) is 15.2 Å². The molecule has 1 saturated heterocycles. The summed E-state index contributed by atoms with van der Waals surface area (Å²) in [5.41, 5.74) is -0.641. The molecule has 1 aromatic carbocycles. The fourth-order valence-corrected chi connectivity index (χ4v) is 4.62. The lowest BCUT2D eigenvalue weighted by Crippen LogP contribution is -2.40. The van der Waals surface area contributed by atoms with E-state index < -0.39 is 47.0 Å². The molecule has 1 aromatic heterocycles. The lowest BCUT2D eigenvalue weighted by Gasteiger charge is -2.29. The summed E-state index contributed by atoms with van der Waals surface area (Å²) < 4.78 is 93.0. The summed E-state index contributed by atoms with van der Waals surface area (Å²) in [6.07, 6.45) is -3.86. The van der Waals surface area contributed by atoms with Gasteiger partial charge in [-0.1, -0.05) is 0 Å². The van der Waals surface area contributed by atoms with Crippen LogP contribution in [0.1, 0.15) is 34.0 Å². The van der Waals surface area contributed by atoms with Gasteiger partial charge in [-0.15, -0.1) is 0 Å². The molecular weight excluding hydrogens is 560 g/mol. The number of morpholine rings is 1. The number of hydrogen-bond donors (Lipinski definition) is 1. The largest absolute Gasteiger partial charge is 0.449 e. The second-order valence-electron chi connectivity index (χ2n) is 9.57. The van der Waals surface area contributed by atoms with E-state index in [0.29, 0.717) is 38.5 Å². The lowest BCUT2D eigenvalue weighted by atomic mass is 10.1. The van der Waals surface area contributed by atoms with Crippen molar-refractivity contribution in [3.8, 4) is 0 Å². The van der Waals surface area contributed by atoms with Gasteiger partial charge < -0.3 is 24.3 Å². The zero-order chi connectivity index (χ0) is 29.6. The predicted molar refractivity (Wildman–Crippen MR) is 132 cm³/mol. The summed E-state index contributed by atoms with van der Waals surface area (Å²) in [5.74, 6) is -6.07. The number of nitrogens with zero attached hydrogens (tertiary/aromatic N) is 4. The number of benzene rings is 1. The Balaban J connectivity index is 1.32. The van der Waals surface area contributed by atoms with E-state index in [4.69, 9.17) is 9.47 Å². The van der Waals surface area contributed by atoms with Gasteiger partial charge in [0, 0.05) is 51.8 Å². The molecule has 4 rings (SSSR count). The molecule has 0 unspecified atom stereocenters. The molecule has 0 spiro atoms. The topological polar surface area (TPSA) is 88.9 Å². The first-order valence-corrected chi connectivity index (χ1v) is 13.1. The maximum absolute atomic E-state index is 13.8. The smallest absolute Gasteiger partial charge is 0.379 e. The van der Waals surface area contributed by atoms with Crippen molar-refractivity contribution < 1.29 is 45.4 Å². The first-order valence-electron chi connectivity index (χ1n) is 13.1. The van der Waals surface area contributed by atoms with Gasteiger partial charge in [-0.25, -0.2) is 18.2 Å². The Labute approximate surface area is 232 Å². The third kappa shape index (κ3) is 7.98. The van der Waals surface area contributed by atoms with Gasteiger partial charge in [0.15, 0.2) is 17.3 Å². The Morgan fingerprint density at radius 2 is 1.76 bits per heavy atom.